The van der Waals surface area contributed by atoms with Crippen LogP contribution in [-0.2, 0) is 4.79 Å². The maximum absolute atomic E-state index is 12.2. The monoisotopic (exact) mass is 324 g/mol. The number of benzene rings is 1. The van der Waals surface area contributed by atoms with Gasteiger partial charge in [-0.25, -0.2) is 0 Å². The number of hydrogen-bond acceptors (Lipinski definition) is 3. The van der Waals surface area contributed by atoms with Gasteiger partial charge in [0.1, 0.15) is 5.75 Å². The van der Waals surface area contributed by atoms with Gasteiger partial charge in [-0.15, -0.1) is 0 Å². The van der Waals surface area contributed by atoms with Crippen LogP contribution in [-0.4, -0.2) is 42.6 Å². The second-order valence-electron chi connectivity index (χ2n) is 5.89. The molecule has 1 N–H and O–H groups in total. The molecule has 0 spiro atoms. The number of nitrogens with one attached hydrogen (secondary N) is 1. The normalized spacial score (nSPS) is 18.0. The van der Waals surface area contributed by atoms with Gasteiger partial charge in [-0.3, -0.25) is 4.79 Å². The summed E-state index contributed by atoms with van der Waals surface area (Å²) in [7, 11) is 0. The lowest BCUT2D eigenvalue weighted by Gasteiger charge is -2.32. The third-order valence-electron chi connectivity index (χ3n) is 4.19. The van der Waals surface area contributed by atoms with Gasteiger partial charge < -0.3 is 15.0 Å². The molecular weight excluding hydrogens is 300 g/mol. The van der Waals surface area contributed by atoms with Crippen molar-refractivity contribution in [2.45, 2.75) is 45.8 Å². The molecule has 1 aromatic rings. The second kappa shape index (κ2) is 7.84. The standard InChI is InChI=1S/C17H25ClN2O2/c1-4-20-9-7-14(8-10-20)19-17(21)13(3)22-15-5-6-16(18)12(2)11-15/h5-6,11,13-14H,4,7-10H2,1-3H3,(H,19,21)/t13-/m0/s1. The molecule has 1 saturated heterocycles. The molecule has 0 unspecified atom stereocenters. The number of rotatable bonds is 5. The minimum Gasteiger partial charge on any atom is -0.481 e. The number of piperidine rings is 1. The van der Waals surface area contributed by atoms with Crippen molar-refractivity contribution in [3.63, 3.8) is 0 Å². The van der Waals surface area contributed by atoms with Crippen LogP contribution in [0.4, 0.5) is 0 Å². The van der Waals surface area contributed by atoms with Crippen molar-refractivity contribution in [2.75, 3.05) is 19.6 Å². The third kappa shape index (κ3) is 4.62. The zero-order valence-corrected chi connectivity index (χ0v) is 14.3. The molecule has 1 aliphatic rings. The third-order valence-corrected chi connectivity index (χ3v) is 4.62. The largest absolute Gasteiger partial charge is 0.481 e. The molecule has 1 atom stereocenters. The molecule has 1 amide bonds. The summed E-state index contributed by atoms with van der Waals surface area (Å²) in [5, 5.41) is 3.79. The number of carbonyl (C=O) groups excluding carboxylic acids is 1. The molecule has 4 nitrogen and oxygen atoms in total. The molecule has 1 aliphatic heterocycles. The first-order valence-corrected chi connectivity index (χ1v) is 8.33. The van der Waals surface area contributed by atoms with E-state index in [1.165, 1.54) is 0 Å². The zero-order chi connectivity index (χ0) is 16.1. The smallest absolute Gasteiger partial charge is 0.260 e. The highest BCUT2D eigenvalue weighted by Crippen LogP contribution is 2.22. The summed E-state index contributed by atoms with van der Waals surface area (Å²) in [6.45, 7) is 9.04. The first kappa shape index (κ1) is 17.1. The summed E-state index contributed by atoms with van der Waals surface area (Å²) in [4.78, 5) is 14.6. The zero-order valence-electron chi connectivity index (χ0n) is 13.6. The molecule has 0 aliphatic carbocycles. The van der Waals surface area contributed by atoms with Crippen molar-refractivity contribution in [1.29, 1.82) is 0 Å². The summed E-state index contributed by atoms with van der Waals surface area (Å²) in [5.74, 6) is 0.618. The van der Waals surface area contributed by atoms with Crippen molar-refractivity contribution >= 4 is 17.5 Å². The highest BCUT2D eigenvalue weighted by atomic mass is 35.5. The molecule has 22 heavy (non-hydrogen) atoms. The Morgan fingerprint density at radius 1 is 1.45 bits per heavy atom. The van der Waals surface area contributed by atoms with E-state index in [1.807, 2.05) is 13.0 Å². The van der Waals surface area contributed by atoms with Gasteiger partial charge in [-0.1, -0.05) is 18.5 Å². The van der Waals surface area contributed by atoms with E-state index < -0.39 is 6.10 Å². The molecule has 1 aromatic carbocycles. The van der Waals surface area contributed by atoms with Gasteiger partial charge in [0.15, 0.2) is 6.10 Å². The minimum atomic E-state index is -0.509. The molecule has 2 rings (SSSR count). The lowest BCUT2D eigenvalue weighted by molar-refractivity contribution is -0.128. The van der Waals surface area contributed by atoms with Crippen LogP contribution in [0.3, 0.4) is 0 Å². The van der Waals surface area contributed by atoms with Gasteiger partial charge in [0, 0.05) is 24.2 Å². The average molecular weight is 325 g/mol. The number of amides is 1. The molecule has 122 valence electrons. The SMILES string of the molecule is CCN1CCC(NC(=O)[C@H](C)Oc2ccc(Cl)c(C)c2)CC1. The topological polar surface area (TPSA) is 41.6 Å². The first-order chi connectivity index (χ1) is 10.5. The van der Waals surface area contributed by atoms with Crippen molar-refractivity contribution in [2.24, 2.45) is 0 Å². The van der Waals surface area contributed by atoms with Crippen LogP contribution >= 0.6 is 11.6 Å². The molecule has 5 heteroatoms. The maximum Gasteiger partial charge on any atom is 0.260 e. The van der Waals surface area contributed by atoms with Crippen molar-refractivity contribution in [3.05, 3.63) is 28.8 Å². The summed E-state index contributed by atoms with van der Waals surface area (Å²) < 4.78 is 5.71. The number of hydrogen-bond donors (Lipinski definition) is 1. The Balaban J connectivity index is 1.83. The maximum atomic E-state index is 12.2. The van der Waals surface area contributed by atoms with E-state index in [9.17, 15) is 4.79 Å². The van der Waals surface area contributed by atoms with Crippen LogP contribution < -0.4 is 10.1 Å². The summed E-state index contributed by atoms with van der Waals surface area (Å²) in [6, 6.07) is 5.69. The highest BCUT2D eigenvalue weighted by Gasteiger charge is 2.22. The Morgan fingerprint density at radius 2 is 2.14 bits per heavy atom. The van der Waals surface area contributed by atoms with Crippen LogP contribution in [0.2, 0.25) is 5.02 Å². The number of carbonyl (C=O) groups is 1. The molecular formula is C17H25ClN2O2. The van der Waals surface area contributed by atoms with Gasteiger partial charge in [0.25, 0.3) is 5.91 Å². The fraction of sp³-hybridized carbons (Fsp3) is 0.588. The molecule has 0 radical (unpaired) electrons. The van der Waals surface area contributed by atoms with E-state index in [-0.39, 0.29) is 11.9 Å². The van der Waals surface area contributed by atoms with E-state index in [4.69, 9.17) is 16.3 Å². The lowest BCUT2D eigenvalue weighted by atomic mass is 10.0. The van der Waals surface area contributed by atoms with E-state index in [1.54, 1.807) is 19.1 Å². The van der Waals surface area contributed by atoms with Gasteiger partial charge >= 0.3 is 0 Å². The predicted octanol–water partition coefficient (Wildman–Crippen LogP) is 3.02. The minimum absolute atomic E-state index is 0.0532. The highest BCUT2D eigenvalue weighted by molar-refractivity contribution is 6.31. The van der Waals surface area contributed by atoms with Crippen molar-refractivity contribution in [1.82, 2.24) is 10.2 Å². The number of ether oxygens (including phenoxy) is 1. The summed E-state index contributed by atoms with van der Waals surface area (Å²) >= 11 is 5.99. The Labute approximate surface area is 137 Å². The Bertz CT molecular complexity index is 513. The Hall–Kier alpha value is -1.26. The first-order valence-electron chi connectivity index (χ1n) is 7.95. The Morgan fingerprint density at radius 3 is 2.73 bits per heavy atom. The lowest BCUT2D eigenvalue weighted by Crippen LogP contribution is -2.48. The van der Waals surface area contributed by atoms with E-state index >= 15 is 0 Å². The van der Waals surface area contributed by atoms with Crippen LogP contribution in [0, 0.1) is 6.92 Å². The number of nitrogens with zero attached hydrogens (tertiary/aromatic N) is 1. The number of aryl methyl sites for hydroxylation is 1. The van der Waals surface area contributed by atoms with Gasteiger partial charge in [-0.05, 0) is 57.0 Å². The van der Waals surface area contributed by atoms with Gasteiger partial charge in [-0.2, -0.15) is 0 Å². The van der Waals surface area contributed by atoms with Gasteiger partial charge in [0.05, 0.1) is 0 Å². The summed E-state index contributed by atoms with van der Waals surface area (Å²) in [6.07, 6.45) is 1.50. The van der Waals surface area contributed by atoms with E-state index in [0.29, 0.717) is 10.8 Å². The van der Waals surface area contributed by atoms with Crippen molar-refractivity contribution in [3.8, 4) is 5.75 Å². The molecule has 1 fully saturated rings. The number of halogens is 1. The van der Waals surface area contributed by atoms with Crippen molar-refractivity contribution < 1.29 is 9.53 Å². The van der Waals surface area contributed by atoms with Crippen LogP contribution in [0.25, 0.3) is 0 Å². The van der Waals surface area contributed by atoms with Gasteiger partial charge in [0.2, 0.25) is 0 Å². The predicted molar refractivity (Wildman–Crippen MR) is 89.6 cm³/mol. The fourth-order valence-corrected chi connectivity index (χ4v) is 2.78. The molecule has 0 aromatic heterocycles. The molecule has 1 heterocycles. The average Bonchev–Trinajstić information content (AvgIpc) is 2.51. The summed E-state index contributed by atoms with van der Waals surface area (Å²) in [5.41, 5.74) is 0.943. The second-order valence-corrected chi connectivity index (χ2v) is 6.30. The van der Waals surface area contributed by atoms with Crippen LogP contribution in [0.15, 0.2) is 18.2 Å². The van der Waals surface area contributed by atoms with E-state index in [2.05, 4.69) is 17.1 Å². The molecule has 0 bridgehead atoms. The quantitative estimate of drug-likeness (QED) is 0.905. The Kier molecular flexibility index (Phi) is 6.09. The fourth-order valence-electron chi connectivity index (χ4n) is 2.66. The van der Waals surface area contributed by atoms with Crippen LogP contribution in [0.1, 0.15) is 32.3 Å². The van der Waals surface area contributed by atoms with E-state index in [0.717, 1.165) is 38.0 Å². The molecule has 0 saturated carbocycles. The number of likely N-dealkylation sites (tertiary alicyclic amines) is 1. The van der Waals surface area contributed by atoms with Crippen LogP contribution in [0.5, 0.6) is 5.75 Å².